The van der Waals surface area contributed by atoms with Crippen molar-refractivity contribution in [2.75, 3.05) is 11.9 Å². The number of likely N-dealkylation sites (N-methyl/N-ethyl adjacent to an activating group) is 1. The van der Waals surface area contributed by atoms with Gasteiger partial charge >= 0.3 is 0 Å². The van der Waals surface area contributed by atoms with Crippen LogP contribution in [0.15, 0.2) is 33.4 Å². The number of halogens is 2. The van der Waals surface area contributed by atoms with Crippen LogP contribution in [0.5, 0.6) is 0 Å². The van der Waals surface area contributed by atoms with Crippen LogP contribution in [0.25, 0.3) is 0 Å². The summed E-state index contributed by atoms with van der Waals surface area (Å²) < 4.78 is 2.18. The molecular weight excluding hydrogens is 318 g/mol. The van der Waals surface area contributed by atoms with E-state index in [0.29, 0.717) is 0 Å². The van der Waals surface area contributed by atoms with Crippen molar-refractivity contribution in [3.63, 3.8) is 0 Å². The van der Waals surface area contributed by atoms with Crippen LogP contribution in [0.4, 0.5) is 5.69 Å². The van der Waals surface area contributed by atoms with Crippen LogP contribution in [0, 0.1) is 0 Å². The Balaban J connectivity index is 2.72. The molecule has 1 heterocycles. The van der Waals surface area contributed by atoms with E-state index in [9.17, 15) is 0 Å². The van der Waals surface area contributed by atoms with Crippen LogP contribution < -0.4 is 4.90 Å². The minimum atomic E-state index is 0.0211. The van der Waals surface area contributed by atoms with Gasteiger partial charge in [-0.1, -0.05) is 20.4 Å². The quantitative estimate of drug-likeness (QED) is 0.679. The fraction of sp³-hybridized carbons (Fsp3) is 0.333. The van der Waals surface area contributed by atoms with E-state index in [1.54, 1.807) is 0 Å². The lowest BCUT2D eigenvalue weighted by Crippen LogP contribution is -2.21. The van der Waals surface area contributed by atoms with Crippen LogP contribution in [0.3, 0.4) is 0 Å². The van der Waals surface area contributed by atoms with Crippen LogP contribution in [-0.4, -0.2) is 7.05 Å². The molecule has 1 aliphatic rings. The Morgan fingerprint density at radius 2 is 1.73 bits per heavy atom. The lowest BCUT2D eigenvalue weighted by molar-refractivity contribution is 0.642. The Labute approximate surface area is 107 Å². The summed E-state index contributed by atoms with van der Waals surface area (Å²) in [5.41, 5.74) is 3.72. The van der Waals surface area contributed by atoms with Gasteiger partial charge in [0.25, 0.3) is 0 Å². The van der Waals surface area contributed by atoms with Crippen molar-refractivity contribution in [3.8, 4) is 0 Å². The first kappa shape index (κ1) is 11.2. The Morgan fingerprint density at radius 1 is 1.20 bits per heavy atom. The average molecular weight is 331 g/mol. The minimum absolute atomic E-state index is 0.0211. The topological polar surface area (TPSA) is 3.24 Å². The summed E-state index contributed by atoms with van der Waals surface area (Å²) >= 11 is 7.08. The number of allylic oxidation sites excluding steroid dienone is 1. The second kappa shape index (κ2) is 3.36. The third-order valence-corrected chi connectivity index (χ3v) is 5.04. The average Bonchev–Trinajstić information content (AvgIpc) is 2.32. The van der Waals surface area contributed by atoms with Crippen LogP contribution in [0.1, 0.15) is 19.4 Å². The first-order valence-corrected chi connectivity index (χ1v) is 6.37. The molecule has 1 nitrogen and oxygen atoms in total. The van der Waals surface area contributed by atoms with Crippen LogP contribution >= 0.6 is 31.9 Å². The van der Waals surface area contributed by atoms with Crippen molar-refractivity contribution in [1.82, 2.24) is 0 Å². The molecule has 15 heavy (non-hydrogen) atoms. The van der Waals surface area contributed by atoms with E-state index in [1.165, 1.54) is 11.3 Å². The van der Waals surface area contributed by atoms with Gasteiger partial charge in [0.1, 0.15) is 0 Å². The van der Waals surface area contributed by atoms with Gasteiger partial charge in [-0.15, -0.1) is 0 Å². The third-order valence-electron chi connectivity index (χ3n) is 3.20. The third kappa shape index (κ3) is 1.48. The molecule has 0 unspecified atom stereocenters. The Bertz CT molecular complexity index is 449. The van der Waals surface area contributed by atoms with Gasteiger partial charge in [-0.25, -0.2) is 0 Å². The summed E-state index contributed by atoms with van der Waals surface area (Å²) in [6.07, 6.45) is 0. The van der Waals surface area contributed by atoms with Gasteiger partial charge in [0.05, 0.1) is 0 Å². The monoisotopic (exact) mass is 329 g/mol. The van der Waals surface area contributed by atoms with E-state index in [2.05, 4.69) is 76.4 Å². The Kier molecular flexibility index (Phi) is 2.51. The zero-order valence-electron chi connectivity index (χ0n) is 9.06. The maximum absolute atomic E-state index is 4.16. The lowest BCUT2D eigenvalue weighted by Gasteiger charge is -2.22. The van der Waals surface area contributed by atoms with Crippen molar-refractivity contribution < 1.29 is 0 Å². The van der Waals surface area contributed by atoms with Crippen molar-refractivity contribution in [1.29, 1.82) is 0 Å². The number of hydrogen-bond donors (Lipinski definition) is 0. The van der Waals surface area contributed by atoms with Crippen molar-refractivity contribution >= 4 is 37.5 Å². The fourth-order valence-corrected chi connectivity index (χ4v) is 2.71. The maximum atomic E-state index is 4.16. The molecule has 3 heteroatoms. The molecule has 2 rings (SSSR count). The number of nitrogens with zero attached hydrogens (tertiary/aromatic N) is 1. The number of benzene rings is 1. The number of rotatable bonds is 0. The summed E-state index contributed by atoms with van der Waals surface area (Å²) in [4.78, 5) is 2.16. The van der Waals surface area contributed by atoms with E-state index >= 15 is 0 Å². The second-order valence-corrected chi connectivity index (χ2v) is 6.12. The highest BCUT2D eigenvalue weighted by Crippen LogP contribution is 2.48. The molecule has 0 fully saturated rings. The fourth-order valence-electron chi connectivity index (χ4n) is 2.03. The van der Waals surface area contributed by atoms with E-state index < -0.39 is 0 Å². The molecule has 1 aromatic rings. The molecule has 0 spiro atoms. The van der Waals surface area contributed by atoms with Gasteiger partial charge in [-0.05, 0) is 49.6 Å². The number of fused-ring (bicyclic) bond motifs is 1. The van der Waals surface area contributed by atoms with E-state index in [4.69, 9.17) is 0 Å². The molecule has 1 aliphatic heterocycles. The molecule has 0 aliphatic carbocycles. The summed E-state index contributed by atoms with van der Waals surface area (Å²) in [7, 11) is 2.07. The highest BCUT2D eigenvalue weighted by Gasteiger charge is 2.37. The summed E-state index contributed by atoms with van der Waals surface area (Å²) in [5.74, 6) is 0. The predicted octanol–water partition coefficient (Wildman–Crippen LogP) is 4.45. The molecule has 0 saturated heterocycles. The predicted molar refractivity (Wildman–Crippen MR) is 72.4 cm³/mol. The van der Waals surface area contributed by atoms with Gasteiger partial charge in [0, 0.05) is 32.8 Å². The molecule has 0 bridgehead atoms. The Hall–Kier alpha value is -0.280. The van der Waals surface area contributed by atoms with E-state index in [0.717, 1.165) is 14.6 Å². The molecule has 0 saturated carbocycles. The zero-order chi connectivity index (χ0) is 11.4. The lowest BCUT2D eigenvalue weighted by atomic mass is 9.85. The molecule has 0 N–H and O–H groups in total. The first-order valence-electron chi connectivity index (χ1n) is 4.78. The van der Waals surface area contributed by atoms with Crippen molar-refractivity contribution in [2.45, 2.75) is 19.3 Å². The number of anilines is 1. The van der Waals surface area contributed by atoms with Gasteiger partial charge in [0.15, 0.2) is 0 Å². The van der Waals surface area contributed by atoms with Crippen molar-refractivity contribution in [2.24, 2.45) is 0 Å². The molecule has 0 amide bonds. The molecule has 0 radical (unpaired) electrons. The van der Waals surface area contributed by atoms with Crippen molar-refractivity contribution in [3.05, 3.63) is 38.9 Å². The molecular formula is C12H13Br2N. The molecule has 0 atom stereocenters. The van der Waals surface area contributed by atoms with E-state index in [-0.39, 0.29) is 5.41 Å². The SMILES string of the molecule is C=C1N(C)c2cc(Br)c(Br)cc2C1(C)C. The van der Waals surface area contributed by atoms with Crippen LogP contribution in [0.2, 0.25) is 0 Å². The van der Waals surface area contributed by atoms with Gasteiger partial charge < -0.3 is 4.90 Å². The molecule has 1 aromatic carbocycles. The first-order chi connectivity index (χ1) is 6.85. The number of hydrogen-bond acceptors (Lipinski definition) is 1. The van der Waals surface area contributed by atoms with Gasteiger partial charge in [0.2, 0.25) is 0 Å². The summed E-state index contributed by atoms with van der Waals surface area (Å²) in [6.45, 7) is 8.57. The minimum Gasteiger partial charge on any atom is -0.348 e. The highest BCUT2D eigenvalue weighted by atomic mass is 79.9. The zero-order valence-corrected chi connectivity index (χ0v) is 12.2. The molecule has 0 aromatic heterocycles. The second-order valence-electron chi connectivity index (χ2n) is 4.41. The maximum Gasteiger partial charge on any atom is 0.0459 e. The van der Waals surface area contributed by atoms with E-state index in [1.807, 2.05) is 0 Å². The van der Waals surface area contributed by atoms with Gasteiger partial charge in [-0.3, -0.25) is 0 Å². The normalized spacial score (nSPS) is 18.2. The standard InChI is InChI=1S/C12H13Br2N/c1-7-12(2,3)8-5-9(13)10(14)6-11(8)15(7)4/h5-6H,1H2,2-4H3. The Morgan fingerprint density at radius 3 is 2.33 bits per heavy atom. The van der Waals surface area contributed by atoms with Crippen LogP contribution in [-0.2, 0) is 5.41 Å². The smallest absolute Gasteiger partial charge is 0.0459 e. The highest BCUT2D eigenvalue weighted by molar-refractivity contribution is 9.13. The summed E-state index contributed by atoms with van der Waals surface area (Å²) in [6, 6.07) is 4.31. The summed E-state index contributed by atoms with van der Waals surface area (Å²) in [5, 5.41) is 0. The molecule has 80 valence electrons. The van der Waals surface area contributed by atoms with Gasteiger partial charge in [-0.2, -0.15) is 0 Å². The largest absolute Gasteiger partial charge is 0.348 e.